The van der Waals surface area contributed by atoms with Gasteiger partial charge in [0.25, 0.3) is 0 Å². The van der Waals surface area contributed by atoms with Crippen LogP contribution in [0.25, 0.3) is 0 Å². The van der Waals surface area contributed by atoms with Crippen molar-refractivity contribution >= 4 is 11.6 Å². The summed E-state index contributed by atoms with van der Waals surface area (Å²) < 4.78 is 11.0. The van der Waals surface area contributed by atoms with Gasteiger partial charge in [-0.3, -0.25) is 4.79 Å². The number of carbonyl (C=O) groups is 1. The van der Waals surface area contributed by atoms with E-state index in [4.69, 9.17) is 9.47 Å². The molecule has 1 N–H and O–H groups in total. The molecule has 0 unspecified atom stereocenters. The van der Waals surface area contributed by atoms with Crippen LogP contribution in [0.3, 0.4) is 0 Å². The first-order valence-corrected chi connectivity index (χ1v) is 7.26. The Bertz CT molecular complexity index is 430. The first-order chi connectivity index (χ1) is 9.56. The van der Waals surface area contributed by atoms with Crippen LogP contribution in [0.5, 0.6) is 11.5 Å². The van der Waals surface area contributed by atoms with Crippen molar-refractivity contribution in [2.24, 2.45) is 5.92 Å². The Morgan fingerprint density at radius 3 is 2.50 bits per heavy atom. The molecule has 4 heteroatoms. The fraction of sp³-hybridized carbons (Fsp3) is 0.562. The fourth-order valence-corrected chi connectivity index (χ4v) is 1.78. The number of rotatable bonds is 8. The molecule has 20 heavy (non-hydrogen) atoms. The second-order valence-corrected chi connectivity index (χ2v) is 5.00. The van der Waals surface area contributed by atoms with Gasteiger partial charge in [0, 0.05) is 12.5 Å². The Morgan fingerprint density at radius 2 is 1.90 bits per heavy atom. The van der Waals surface area contributed by atoms with Gasteiger partial charge in [0.05, 0.1) is 18.9 Å². The van der Waals surface area contributed by atoms with E-state index in [9.17, 15) is 4.79 Å². The normalized spacial score (nSPS) is 10.4. The summed E-state index contributed by atoms with van der Waals surface area (Å²) in [6.07, 6.45) is 1.39. The molecular weight excluding hydrogens is 254 g/mol. The molecule has 0 aromatic heterocycles. The minimum absolute atomic E-state index is 0.00769. The summed E-state index contributed by atoms with van der Waals surface area (Å²) in [5.41, 5.74) is 0.673. The number of carbonyl (C=O) groups excluding carboxylic acids is 1. The predicted molar refractivity (Wildman–Crippen MR) is 81.5 cm³/mol. The predicted octanol–water partition coefficient (Wildman–Crippen LogP) is 3.86. The molecule has 1 amide bonds. The molecule has 0 radical (unpaired) electrons. The summed E-state index contributed by atoms with van der Waals surface area (Å²) in [6, 6.07) is 5.48. The second kappa shape index (κ2) is 8.46. The van der Waals surface area contributed by atoms with Crippen molar-refractivity contribution in [1.82, 2.24) is 0 Å². The molecule has 0 aliphatic rings. The van der Waals surface area contributed by atoms with Crippen molar-refractivity contribution in [3.8, 4) is 11.5 Å². The molecule has 112 valence electrons. The molecule has 0 aliphatic heterocycles. The Balaban J connectivity index is 2.78. The molecule has 0 spiro atoms. The van der Waals surface area contributed by atoms with Crippen LogP contribution in [-0.4, -0.2) is 19.1 Å². The van der Waals surface area contributed by atoms with Crippen LogP contribution in [0.2, 0.25) is 0 Å². The molecule has 0 saturated carbocycles. The van der Waals surface area contributed by atoms with Gasteiger partial charge in [-0.1, -0.05) is 13.8 Å². The lowest BCUT2D eigenvalue weighted by atomic mass is 10.1. The number of anilines is 1. The smallest absolute Gasteiger partial charge is 0.224 e. The summed E-state index contributed by atoms with van der Waals surface area (Å²) in [4.78, 5) is 11.9. The fourth-order valence-electron chi connectivity index (χ4n) is 1.78. The van der Waals surface area contributed by atoms with Crippen LogP contribution in [0, 0.1) is 5.92 Å². The van der Waals surface area contributed by atoms with E-state index in [-0.39, 0.29) is 5.91 Å². The van der Waals surface area contributed by atoms with Crippen LogP contribution >= 0.6 is 0 Å². The number of ether oxygens (including phenoxy) is 2. The lowest BCUT2D eigenvalue weighted by Crippen LogP contribution is -2.13. The second-order valence-electron chi connectivity index (χ2n) is 5.00. The Kier molecular flexibility index (Phi) is 6.91. The highest BCUT2D eigenvalue weighted by molar-refractivity contribution is 5.92. The minimum atomic E-state index is 0.00769. The van der Waals surface area contributed by atoms with Crippen molar-refractivity contribution in [3.05, 3.63) is 18.2 Å². The molecule has 0 atom stereocenters. The van der Waals surface area contributed by atoms with Gasteiger partial charge in [0.15, 0.2) is 0 Å². The average Bonchev–Trinajstić information content (AvgIpc) is 2.40. The SMILES string of the molecule is CCOc1ccc(OCC)c(NC(=O)CCC(C)C)c1. The van der Waals surface area contributed by atoms with Gasteiger partial charge in [0.1, 0.15) is 11.5 Å². The molecule has 4 nitrogen and oxygen atoms in total. The van der Waals surface area contributed by atoms with E-state index < -0.39 is 0 Å². The number of hydrogen-bond donors (Lipinski definition) is 1. The van der Waals surface area contributed by atoms with Crippen LogP contribution in [0.1, 0.15) is 40.5 Å². The van der Waals surface area contributed by atoms with Gasteiger partial charge in [0.2, 0.25) is 5.91 Å². The van der Waals surface area contributed by atoms with Gasteiger partial charge in [-0.2, -0.15) is 0 Å². The van der Waals surface area contributed by atoms with Crippen molar-refractivity contribution in [2.75, 3.05) is 18.5 Å². The van der Waals surface area contributed by atoms with E-state index in [1.54, 1.807) is 0 Å². The quantitative estimate of drug-likeness (QED) is 0.786. The molecule has 0 bridgehead atoms. The highest BCUT2D eigenvalue weighted by atomic mass is 16.5. The molecule has 0 fully saturated rings. The highest BCUT2D eigenvalue weighted by Crippen LogP contribution is 2.29. The summed E-state index contributed by atoms with van der Waals surface area (Å²) in [5, 5.41) is 2.91. The Labute approximate surface area is 121 Å². The highest BCUT2D eigenvalue weighted by Gasteiger charge is 2.10. The number of hydrogen-bond acceptors (Lipinski definition) is 3. The molecule has 1 rings (SSSR count). The monoisotopic (exact) mass is 279 g/mol. The lowest BCUT2D eigenvalue weighted by molar-refractivity contribution is -0.116. The van der Waals surface area contributed by atoms with Crippen molar-refractivity contribution in [2.45, 2.75) is 40.5 Å². The lowest BCUT2D eigenvalue weighted by Gasteiger charge is -2.14. The standard InChI is InChI=1S/C16H25NO3/c1-5-19-13-8-9-15(20-6-2)14(11-13)17-16(18)10-7-12(3)4/h8-9,11-12H,5-7,10H2,1-4H3,(H,17,18). The largest absolute Gasteiger partial charge is 0.494 e. The first kappa shape index (κ1) is 16.3. The zero-order chi connectivity index (χ0) is 15.0. The number of benzene rings is 1. The topological polar surface area (TPSA) is 47.6 Å². The molecule has 0 heterocycles. The Hall–Kier alpha value is -1.71. The third-order valence-corrected chi connectivity index (χ3v) is 2.78. The molecule has 0 aliphatic carbocycles. The maximum absolute atomic E-state index is 11.9. The van der Waals surface area contributed by atoms with E-state index >= 15 is 0 Å². The molecular formula is C16H25NO3. The maximum Gasteiger partial charge on any atom is 0.224 e. The van der Waals surface area contributed by atoms with Gasteiger partial charge in [-0.25, -0.2) is 0 Å². The van der Waals surface area contributed by atoms with E-state index in [0.29, 0.717) is 37.0 Å². The summed E-state index contributed by atoms with van der Waals surface area (Å²) in [5.74, 6) is 1.93. The maximum atomic E-state index is 11.9. The van der Waals surface area contributed by atoms with Crippen LogP contribution in [-0.2, 0) is 4.79 Å². The number of amides is 1. The molecule has 0 saturated heterocycles. The van der Waals surface area contributed by atoms with Crippen molar-refractivity contribution in [3.63, 3.8) is 0 Å². The average molecular weight is 279 g/mol. The van der Waals surface area contributed by atoms with E-state index in [1.165, 1.54) is 0 Å². The summed E-state index contributed by atoms with van der Waals surface area (Å²) in [7, 11) is 0. The van der Waals surface area contributed by atoms with E-state index in [1.807, 2.05) is 32.0 Å². The van der Waals surface area contributed by atoms with Crippen molar-refractivity contribution < 1.29 is 14.3 Å². The Morgan fingerprint density at radius 1 is 1.20 bits per heavy atom. The van der Waals surface area contributed by atoms with Crippen molar-refractivity contribution in [1.29, 1.82) is 0 Å². The van der Waals surface area contributed by atoms with Crippen LogP contribution < -0.4 is 14.8 Å². The molecule has 1 aromatic rings. The van der Waals surface area contributed by atoms with E-state index in [0.717, 1.165) is 12.2 Å². The first-order valence-electron chi connectivity index (χ1n) is 7.26. The van der Waals surface area contributed by atoms with Crippen LogP contribution in [0.4, 0.5) is 5.69 Å². The van der Waals surface area contributed by atoms with E-state index in [2.05, 4.69) is 19.2 Å². The number of nitrogens with one attached hydrogen (secondary N) is 1. The summed E-state index contributed by atoms with van der Waals surface area (Å²) >= 11 is 0. The van der Waals surface area contributed by atoms with Gasteiger partial charge >= 0.3 is 0 Å². The van der Waals surface area contributed by atoms with Gasteiger partial charge in [-0.15, -0.1) is 0 Å². The zero-order valence-corrected chi connectivity index (χ0v) is 12.9. The zero-order valence-electron chi connectivity index (χ0n) is 12.9. The minimum Gasteiger partial charge on any atom is -0.494 e. The van der Waals surface area contributed by atoms with Gasteiger partial charge in [-0.05, 0) is 38.3 Å². The molecule has 1 aromatic carbocycles. The third kappa shape index (κ3) is 5.51. The third-order valence-electron chi connectivity index (χ3n) is 2.78. The van der Waals surface area contributed by atoms with Crippen LogP contribution in [0.15, 0.2) is 18.2 Å². The summed E-state index contributed by atoms with van der Waals surface area (Å²) in [6.45, 7) is 9.21. The van der Waals surface area contributed by atoms with Gasteiger partial charge < -0.3 is 14.8 Å².